The minimum Gasteiger partial charge on any atom is -0.442 e. The predicted molar refractivity (Wildman–Crippen MR) is 46.5 cm³/mol. The number of hydrogen-bond donors (Lipinski definition) is 0. The van der Waals surface area contributed by atoms with E-state index in [1.54, 1.807) is 6.07 Å². The molecule has 72 valence electrons. The molecule has 0 unspecified atom stereocenters. The van der Waals surface area contributed by atoms with Crippen LogP contribution in [0.15, 0.2) is 24.3 Å². The van der Waals surface area contributed by atoms with Crippen molar-refractivity contribution in [3.05, 3.63) is 35.6 Å². The van der Waals surface area contributed by atoms with Crippen LogP contribution in [0.25, 0.3) is 0 Å². The summed E-state index contributed by atoms with van der Waals surface area (Å²) in [4.78, 5) is 10.6. The summed E-state index contributed by atoms with van der Waals surface area (Å²) in [5.74, 6) is -0.936. The van der Waals surface area contributed by atoms with Gasteiger partial charge in [0.1, 0.15) is 11.9 Å². The molecule has 1 aromatic rings. The van der Waals surface area contributed by atoms with E-state index in [0.29, 0.717) is 5.56 Å². The smallest absolute Gasteiger partial charge is 0.304 e. The van der Waals surface area contributed by atoms with Gasteiger partial charge in [-0.15, -0.1) is 0 Å². The first kappa shape index (κ1) is 10.2. The van der Waals surface area contributed by atoms with Crippen LogP contribution in [0.4, 0.5) is 4.39 Å². The van der Waals surface area contributed by atoms with Crippen molar-refractivity contribution in [1.82, 2.24) is 0 Å². The molecule has 1 rings (SSSR count). The molecule has 0 N–H and O–H groups in total. The summed E-state index contributed by atoms with van der Waals surface area (Å²) in [6, 6.07) is 7.04. The van der Waals surface area contributed by atoms with E-state index in [4.69, 9.17) is 10.00 Å². The average Bonchev–Trinajstić information content (AvgIpc) is 2.15. The molecule has 14 heavy (non-hydrogen) atoms. The summed E-state index contributed by atoms with van der Waals surface area (Å²) in [6.07, 6.45) is -0.965. The van der Waals surface area contributed by atoms with E-state index in [-0.39, 0.29) is 0 Å². The maximum atomic E-state index is 12.5. The highest BCUT2D eigenvalue weighted by atomic mass is 19.1. The molecule has 0 aliphatic carbocycles. The van der Waals surface area contributed by atoms with E-state index >= 15 is 0 Å². The van der Waals surface area contributed by atoms with Gasteiger partial charge in [0.25, 0.3) is 0 Å². The summed E-state index contributed by atoms with van der Waals surface area (Å²) in [5.41, 5.74) is 0.462. The second-order valence-electron chi connectivity index (χ2n) is 2.67. The molecule has 0 bridgehead atoms. The van der Waals surface area contributed by atoms with Crippen LogP contribution in [0.2, 0.25) is 0 Å². The fourth-order valence-electron chi connectivity index (χ4n) is 0.972. The van der Waals surface area contributed by atoms with Crippen molar-refractivity contribution in [1.29, 1.82) is 5.26 Å². The number of ether oxygens (including phenoxy) is 1. The minimum absolute atomic E-state index is 0.395. The second-order valence-corrected chi connectivity index (χ2v) is 2.67. The van der Waals surface area contributed by atoms with E-state index in [2.05, 4.69) is 0 Å². The zero-order valence-corrected chi connectivity index (χ0v) is 7.53. The SMILES string of the molecule is CC(=O)O[C@@H](C#N)c1ccc(F)cc1. The molecule has 0 heterocycles. The highest BCUT2D eigenvalue weighted by molar-refractivity contribution is 5.66. The molecular formula is C10H8FNO2. The first-order valence-electron chi connectivity index (χ1n) is 3.96. The molecule has 0 saturated carbocycles. The Balaban J connectivity index is 2.85. The number of nitriles is 1. The Morgan fingerprint density at radius 3 is 2.50 bits per heavy atom. The lowest BCUT2D eigenvalue weighted by atomic mass is 10.1. The lowest BCUT2D eigenvalue weighted by Crippen LogP contribution is -2.06. The van der Waals surface area contributed by atoms with Gasteiger partial charge in [0.15, 0.2) is 0 Å². The third-order valence-corrected chi connectivity index (χ3v) is 1.57. The maximum absolute atomic E-state index is 12.5. The predicted octanol–water partition coefficient (Wildman–Crippen LogP) is 1.95. The largest absolute Gasteiger partial charge is 0.442 e. The first-order valence-corrected chi connectivity index (χ1v) is 3.96. The summed E-state index contributed by atoms with van der Waals surface area (Å²) < 4.78 is 17.2. The van der Waals surface area contributed by atoms with Gasteiger partial charge in [-0.25, -0.2) is 4.39 Å². The Hall–Kier alpha value is -1.89. The van der Waals surface area contributed by atoms with Crippen molar-refractivity contribution in [2.45, 2.75) is 13.0 Å². The van der Waals surface area contributed by atoms with Crippen molar-refractivity contribution >= 4 is 5.97 Å². The van der Waals surface area contributed by atoms with Crippen LogP contribution in [0.3, 0.4) is 0 Å². The van der Waals surface area contributed by atoms with E-state index in [1.165, 1.54) is 31.2 Å². The van der Waals surface area contributed by atoms with E-state index in [9.17, 15) is 9.18 Å². The average molecular weight is 193 g/mol. The van der Waals surface area contributed by atoms with Crippen LogP contribution in [0, 0.1) is 17.1 Å². The number of carbonyl (C=O) groups excluding carboxylic acids is 1. The lowest BCUT2D eigenvalue weighted by molar-refractivity contribution is -0.144. The van der Waals surface area contributed by atoms with Crippen molar-refractivity contribution < 1.29 is 13.9 Å². The molecular weight excluding hydrogens is 185 g/mol. The molecule has 0 fully saturated rings. The number of esters is 1. The van der Waals surface area contributed by atoms with Gasteiger partial charge in [0.05, 0.1) is 0 Å². The normalized spacial score (nSPS) is 11.5. The standard InChI is InChI=1S/C10H8FNO2/c1-7(13)14-10(6-12)8-2-4-9(11)5-3-8/h2-5,10H,1H3/t10-/m0/s1. The van der Waals surface area contributed by atoms with Crippen LogP contribution in [-0.2, 0) is 9.53 Å². The number of halogens is 1. The number of carbonyl (C=O) groups is 1. The molecule has 1 aromatic carbocycles. The third-order valence-electron chi connectivity index (χ3n) is 1.57. The molecule has 0 saturated heterocycles. The van der Waals surface area contributed by atoms with Gasteiger partial charge in [0, 0.05) is 12.5 Å². The van der Waals surface area contributed by atoms with Crippen LogP contribution in [0.5, 0.6) is 0 Å². The molecule has 4 heteroatoms. The summed E-state index contributed by atoms with van der Waals surface area (Å²) >= 11 is 0. The molecule has 0 radical (unpaired) electrons. The molecule has 1 atom stereocenters. The monoisotopic (exact) mass is 193 g/mol. The van der Waals surface area contributed by atoms with E-state index in [1.807, 2.05) is 0 Å². The Morgan fingerprint density at radius 2 is 2.07 bits per heavy atom. The van der Waals surface area contributed by atoms with Crippen LogP contribution in [-0.4, -0.2) is 5.97 Å². The molecule has 0 spiro atoms. The fourth-order valence-corrected chi connectivity index (χ4v) is 0.972. The number of hydrogen-bond acceptors (Lipinski definition) is 3. The molecule has 0 aromatic heterocycles. The van der Waals surface area contributed by atoms with Gasteiger partial charge in [-0.2, -0.15) is 5.26 Å². The van der Waals surface area contributed by atoms with E-state index < -0.39 is 17.9 Å². The molecule has 0 amide bonds. The van der Waals surface area contributed by atoms with Gasteiger partial charge >= 0.3 is 5.97 Å². The third kappa shape index (κ3) is 2.56. The van der Waals surface area contributed by atoms with Crippen molar-refractivity contribution in [2.24, 2.45) is 0 Å². The quantitative estimate of drug-likeness (QED) is 0.674. The fraction of sp³-hybridized carbons (Fsp3) is 0.200. The summed E-state index contributed by atoms with van der Waals surface area (Å²) in [5, 5.41) is 8.68. The zero-order valence-electron chi connectivity index (χ0n) is 7.53. The van der Waals surface area contributed by atoms with Crippen molar-refractivity contribution in [3.63, 3.8) is 0 Å². The second kappa shape index (κ2) is 4.38. The Morgan fingerprint density at radius 1 is 1.50 bits per heavy atom. The van der Waals surface area contributed by atoms with E-state index in [0.717, 1.165) is 0 Å². The van der Waals surface area contributed by atoms with Crippen molar-refractivity contribution in [2.75, 3.05) is 0 Å². The Bertz CT molecular complexity index is 367. The highest BCUT2D eigenvalue weighted by Crippen LogP contribution is 2.16. The van der Waals surface area contributed by atoms with Crippen molar-refractivity contribution in [3.8, 4) is 6.07 Å². The van der Waals surface area contributed by atoms with Gasteiger partial charge in [-0.3, -0.25) is 4.79 Å². The summed E-state index contributed by atoms with van der Waals surface area (Å²) in [6.45, 7) is 1.22. The topological polar surface area (TPSA) is 50.1 Å². The minimum atomic E-state index is -0.965. The molecule has 3 nitrogen and oxygen atoms in total. The van der Waals surface area contributed by atoms with Crippen LogP contribution in [0.1, 0.15) is 18.6 Å². The van der Waals surface area contributed by atoms with Gasteiger partial charge in [0.2, 0.25) is 6.10 Å². The van der Waals surface area contributed by atoms with Gasteiger partial charge in [-0.05, 0) is 12.1 Å². The van der Waals surface area contributed by atoms with Crippen LogP contribution < -0.4 is 0 Å². The molecule has 0 aliphatic heterocycles. The maximum Gasteiger partial charge on any atom is 0.304 e. The lowest BCUT2D eigenvalue weighted by Gasteiger charge is -2.08. The summed E-state index contributed by atoms with van der Waals surface area (Å²) in [7, 11) is 0. The zero-order chi connectivity index (χ0) is 10.6. The number of benzene rings is 1. The Kier molecular flexibility index (Phi) is 3.19. The molecule has 0 aliphatic rings. The number of nitrogens with zero attached hydrogens (tertiary/aromatic N) is 1. The Labute approximate surface area is 80.7 Å². The van der Waals surface area contributed by atoms with Gasteiger partial charge < -0.3 is 4.74 Å². The van der Waals surface area contributed by atoms with Crippen LogP contribution >= 0.6 is 0 Å². The first-order chi connectivity index (χ1) is 6.63. The highest BCUT2D eigenvalue weighted by Gasteiger charge is 2.12. The number of rotatable bonds is 2. The van der Waals surface area contributed by atoms with Gasteiger partial charge in [-0.1, -0.05) is 12.1 Å².